The normalized spacial score (nSPS) is 15.4. The van der Waals surface area contributed by atoms with E-state index < -0.39 is 0 Å². The Morgan fingerprint density at radius 3 is 2.53 bits per heavy atom. The van der Waals surface area contributed by atoms with Crippen LogP contribution in [0.5, 0.6) is 0 Å². The number of rotatable bonds is 4. The van der Waals surface area contributed by atoms with E-state index in [-0.39, 0.29) is 0 Å². The van der Waals surface area contributed by atoms with Gasteiger partial charge in [0.1, 0.15) is 23.3 Å². The van der Waals surface area contributed by atoms with Crippen LogP contribution >= 0.6 is 24.2 Å². The van der Waals surface area contributed by atoms with Crippen LogP contribution in [0, 0.1) is 0 Å². The first-order valence-corrected chi connectivity index (χ1v) is 10.8. The summed E-state index contributed by atoms with van der Waals surface area (Å²) in [6.45, 7) is 7.74. The van der Waals surface area contributed by atoms with Crippen molar-refractivity contribution in [2.75, 3.05) is 16.0 Å². The summed E-state index contributed by atoms with van der Waals surface area (Å²) in [7, 11) is 0. The molecular weight excluding hydrogens is 442 g/mol. The molecule has 3 aliphatic rings. The highest BCUT2D eigenvalue weighted by atomic mass is 32.1. The molecule has 0 atom stereocenters. The van der Waals surface area contributed by atoms with E-state index in [2.05, 4.69) is 55.4 Å². The van der Waals surface area contributed by atoms with Gasteiger partial charge >= 0.3 is 0 Å². The van der Waals surface area contributed by atoms with Crippen LogP contribution in [0.1, 0.15) is 11.4 Å². The number of hydrogen-bond donors (Lipinski definition) is 3. The Kier molecular flexibility index (Phi) is 4.96. The average molecular weight is 460 g/mol. The molecule has 0 aliphatic carbocycles. The third kappa shape index (κ3) is 3.15. The predicted molar refractivity (Wildman–Crippen MR) is 132 cm³/mol. The fourth-order valence-corrected chi connectivity index (χ4v) is 4.39. The third-order valence-corrected chi connectivity index (χ3v) is 5.85. The summed E-state index contributed by atoms with van der Waals surface area (Å²) in [5.74, 6) is 1.93. The average Bonchev–Trinajstić information content (AvgIpc) is 3.53. The highest BCUT2D eigenvalue weighted by Gasteiger charge is 2.25. The van der Waals surface area contributed by atoms with Crippen LogP contribution in [-0.2, 0) is 0 Å². The summed E-state index contributed by atoms with van der Waals surface area (Å²) >= 11 is 5.59. The molecule has 3 aliphatic heterocycles. The Hall–Kier alpha value is -3.96. The van der Waals surface area contributed by atoms with Gasteiger partial charge in [0, 0.05) is 53.5 Å². The Bertz CT molecular complexity index is 1480. The number of nitrogens with one attached hydrogen (secondary N) is 1. The van der Waals surface area contributed by atoms with Gasteiger partial charge in [-0.3, -0.25) is 14.5 Å². The Labute approximate surface area is 192 Å². The lowest BCUT2D eigenvalue weighted by Crippen LogP contribution is -2.23. The Balaban J connectivity index is 1.62. The van der Waals surface area contributed by atoms with Crippen LogP contribution in [0.25, 0.3) is 34.9 Å². The van der Waals surface area contributed by atoms with Gasteiger partial charge in [-0.05, 0) is 16.9 Å². The predicted octanol–water partition coefficient (Wildman–Crippen LogP) is 2.18. The monoisotopic (exact) mass is 459 g/mol. The maximum Gasteiger partial charge on any atom is 0.169 e. The van der Waals surface area contributed by atoms with E-state index in [1.807, 2.05) is 22.4 Å². The third-order valence-electron chi connectivity index (χ3n) is 4.99. The second kappa shape index (κ2) is 7.94. The summed E-state index contributed by atoms with van der Waals surface area (Å²) in [4.78, 5) is 19.7. The maximum absolute atomic E-state index is 6.01. The first-order chi connectivity index (χ1) is 15.6. The van der Waals surface area contributed by atoms with Gasteiger partial charge < -0.3 is 11.1 Å². The molecule has 0 amide bonds. The molecule has 0 fully saturated rings. The van der Waals surface area contributed by atoms with Crippen LogP contribution in [0.4, 0.5) is 17.3 Å². The van der Waals surface area contributed by atoms with Crippen molar-refractivity contribution in [3.8, 4) is 11.1 Å². The molecule has 9 nitrogen and oxygen atoms in total. The van der Waals surface area contributed by atoms with Gasteiger partial charge in [0.2, 0.25) is 0 Å². The van der Waals surface area contributed by atoms with Crippen LogP contribution in [0.2, 0.25) is 0 Å². The summed E-state index contributed by atoms with van der Waals surface area (Å²) < 4.78 is 6.10. The van der Waals surface area contributed by atoms with Crippen molar-refractivity contribution in [1.29, 1.82) is 0 Å². The first-order valence-electron chi connectivity index (χ1n) is 9.40. The van der Waals surface area contributed by atoms with Crippen LogP contribution in [-0.4, -0.2) is 28.9 Å². The quantitative estimate of drug-likeness (QED) is 0.398. The minimum Gasteiger partial charge on any atom is -0.382 e. The summed E-state index contributed by atoms with van der Waals surface area (Å²) in [5, 5.41) is 7.48. The molecule has 0 saturated heterocycles. The molecule has 5 rings (SSSR count). The lowest BCUT2D eigenvalue weighted by atomic mass is 10.1. The molecule has 11 heteroatoms. The number of thiol groups is 1. The summed E-state index contributed by atoms with van der Waals surface area (Å²) in [5.41, 5.74) is 10.5. The van der Waals surface area contributed by atoms with Crippen molar-refractivity contribution in [1.82, 2.24) is 28.9 Å². The minimum absolute atomic E-state index is 0.352. The van der Waals surface area contributed by atoms with Crippen molar-refractivity contribution in [3.63, 3.8) is 0 Å². The zero-order chi connectivity index (χ0) is 22.2. The Morgan fingerprint density at radius 2 is 1.84 bits per heavy atom. The lowest BCUT2D eigenvalue weighted by molar-refractivity contribution is 1.03. The van der Waals surface area contributed by atoms with Gasteiger partial charge in [-0.2, -0.15) is 4.37 Å². The molecule has 32 heavy (non-hydrogen) atoms. The van der Waals surface area contributed by atoms with Gasteiger partial charge in [0.15, 0.2) is 11.6 Å². The van der Waals surface area contributed by atoms with Crippen LogP contribution in [0.15, 0.2) is 49.3 Å². The number of imidazole rings is 1. The summed E-state index contributed by atoms with van der Waals surface area (Å²) in [6.07, 6.45) is 12.1. The SMILES string of the molecule is C=CN1/C(=C/c2ncnc(/C=c3\nc(N)/c(=C\S)n3C=C)c3cncc2-3)Nc2nscc21. The molecule has 3 N–H and O–H groups in total. The summed E-state index contributed by atoms with van der Waals surface area (Å²) in [6, 6.07) is 0. The molecular formula is C21H17N9S2. The standard InChI is InChI=1S/C21H17N9S2/c1-3-29-16(9-31)20(22)26-18(29)5-14-12-7-23-8-13(12)15(25-11-24-14)6-19-27-21-17(10-32-28-21)30(19)4-2/h3-11,31H,1-2H2,(H2,22,26)(H,27,28)/b16-9+,18-5+,19-6+. The van der Waals surface area contributed by atoms with E-state index in [0.717, 1.165) is 28.5 Å². The topological polar surface area (TPSA) is 111 Å². The zero-order valence-electron chi connectivity index (χ0n) is 16.7. The number of nitrogen functional groups attached to an aromatic ring is 1. The molecule has 0 radical (unpaired) electrons. The van der Waals surface area contributed by atoms with Crippen molar-refractivity contribution in [2.45, 2.75) is 0 Å². The minimum atomic E-state index is 0.352. The smallest absolute Gasteiger partial charge is 0.169 e. The van der Waals surface area contributed by atoms with Gasteiger partial charge in [-0.1, -0.05) is 13.2 Å². The van der Waals surface area contributed by atoms with Crippen molar-refractivity contribution in [2.24, 2.45) is 0 Å². The number of aromatic nitrogens is 6. The number of hydrogen-bond acceptors (Lipinski definition) is 10. The zero-order valence-corrected chi connectivity index (χ0v) is 18.4. The molecule has 0 spiro atoms. The van der Waals surface area contributed by atoms with E-state index in [9.17, 15) is 0 Å². The molecule has 0 unspecified atom stereocenters. The largest absolute Gasteiger partial charge is 0.382 e. The Morgan fingerprint density at radius 1 is 1.09 bits per heavy atom. The van der Waals surface area contributed by atoms with Crippen molar-refractivity contribution >= 4 is 65.2 Å². The number of nitrogens with two attached hydrogens (primary N) is 1. The maximum atomic E-state index is 6.01. The molecule has 0 bridgehead atoms. The molecule has 2 aromatic rings. The number of fused-ring (bicyclic) bond motifs is 2. The van der Waals surface area contributed by atoms with E-state index in [1.165, 1.54) is 17.9 Å². The first kappa shape index (κ1) is 20.0. The second-order valence-electron chi connectivity index (χ2n) is 6.70. The van der Waals surface area contributed by atoms with E-state index in [1.54, 1.807) is 34.8 Å². The molecule has 0 aromatic carbocycles. The van der Waals surface area contributed by atoms with Crippen molar-refractivity contribution in [3.05, 3.63) is 71.5 Å². The fraction of sp³-hybridized carbons (Fsp3) is 0. The molecule has 0 saturated carbocycles. The van der Waals surface area contributed by atoms with Gasteiger partial charge in [0.05, 0.1) is 16.7 Å². The fourth-order valence-electron chi connectivity index (χ4n) is 3.51. The number of nitrogens with zero attached hydrogens (tertiary/aromatic N) is 7. The molecule has 158 valence electrons. The molecule has 2 aromatic heterocycles. The van der Waals surface area contributed by atoms with Crippen molar-refractivity contribution < 1.29 is 0 Å². The van der Waals surface area contributed by atoms with Crippen LogP contribution in [0.3, 0.4) is 0 Å². The highest BCUT2D eigenvalue weighted by Crippen LogP contribution is 2.38. The second-order valence-corrected chi connectivity index (χ2v) is 7.59. The van der Waals surface area contributed by atoms with Gasteiger partial charge in [0.25, 0.3) is 0 Å². The van der Waals surface area contributed by atoms with Crippen LogP contribution < -0.4 is 26.8 Å². The van der Waals surface area contributed by atoms with E-state index in [4.69, 9.17) is 5.73 Å². The van der Waals surface area contributed by atoms with Gasteiger partial charge in [-0.15, -0.1) is 12.6 Å². The highest BCUT2D eigenvalue weighted by molar-refractivity contribution is 7.88. The van der Waals surface area contributed by atoms with Gasteiger partial charge in [-0.25, -0.2) is 15.0 Å². The van der Waals surface area contributed by atoms with E-state index >= 15 is 0 Å². The number of anilines is 3. The van der Waals surface area contributed by atoms with E-state index in [0.29, 0.717) is 28.0 Å². The lowest BCUT2D eigenvalue weighted by Gasteiger charge is -2.13. The molecule has 5 heterocycles.